The number of pyridine rings is 1. The van der Waals surface area contributed by atoms with Gasteiger partial charge < -0.3 is 16.0 Å². The molecule has 0 bridgehead atoms. The first kappa shape index (κ1) is 21.0. The van der Waals surface area contributed by atoms with E-state index in [1.54, 1.807) is 4.90 Å². The van der Waals surface area contributed by atoms with Gasteiger partial charge in [-0.15, -0.1) is 0 Å². The quantitative estimate of drug-likeness (QED) is 0.730. The standard InChI is InChI=1S/C23H27N5O3/c24-21(29)18-11-19(13-25-12-18)26-22(30)23(31)28-10-8-20-17(15-28)7-4-9-27(20)14-16-5-2-1-3-6-16/h1-3,5-6,11-13,17,20H,4,7-10,14-15H2,(H2,24,29)(H,26,30). The average molecular weight is 422 g/mol. The zero-order chi connectivity index (χ0) is 21.8. The van der Waals surface area contributed by atoms with Crippen molar-refractivity contribution in [2.75, 3.05) is 25.0 Å². The van der Waals surface area contributed by atoms with Crippen molar-refractivity contribution < 1.29 is 14.4 Å². The second-order valence-electron chi connectivity index (χ2n) is 8.25. The van der Waals surface area contributed by atoms with Crippen LogP contribution in [0.3, 0.4) is 0 Å². The van der Waals surface area contributed by atoms with E-state index in [9.17, 15) is 14.4 Å². The van der Waals surface area contributed by atoms with Crippen molar-refractivity contribution in [1.82, 2.24) is 14.8 Å². The molecule has 1 aromatic heterocycles. The number of primary amides is 1. The van der Waals surface area contributed by atoms with Crippen LogP contribution in [0.4, 0.5) is 5.69 Å². The Balaban J connectivity index is 1.36. The lowest BCUT2D eigenvalue weighted by Gasteiger charge is -2.47. The van der Waals surface area contributed by atoms with Crippen molar-refractivity contribution >= 4 is 23.4 Å². The monoisotopic (exact) mass is 421 g/mol. The highest BCUT2D eigenvalue weighted by Crippen LogP contribution is 2.31. The molecule has 3 heterocycles. The molecule has 0 radical (unpaired) electrons. The number of aromatic nitrogens is 1. The van der Waals surface area contributed by atoms with Crippen LogP contribution in [0.2, 0.25) is 0 Å². The summed E-state index contributed by atoms with van der Waals surface area (Å²) in [4.78, 5) is 44.6. The first-order valence-corrected chi connectivity index (χ1v) is 10.6. The first-order valence-electron chi connectivity index (χ1n) is 10.6. The number of nitrogens with zero attached hydrogens (tertiary/aromatic N) is 3. The predicted octanol–water partition coefficient (Wildman–Crippen LogP) is 1.63. The molecule has 1 aromatic carbocycles. The highest BCUT2D eigenvalue weighted by molar-refractivity contribution is 6.39. The fourth-order valence-corrected chi connectivity index (χ4v) is 4.68. The van der Waals surface area contributed by atoms with E-state index in [1.807, 2.05) is 6.07 Å². The molecule has 31 heavy (non-hydrogen) atoms. The Bertz CT molecular complexity index is 965. The summed E-state index contributed by atoms with van der Waals surface area (Å²) in [6, 6.07) is 12.3. The van der Waals surface area contributed by atoms with Gasteiger partial charge in [0.1, 0.15) is 0 Å². The zero-order valence-corrected chi connectivity index (χ0v) is 17.4. The van der Waals surface area contributed by atoms with Gasteiger partial charge in [0.2, 0.25) is 5.91 Å². The number of amides is 3. The molecule has 0 spiro atoms. The second-order valence-corrected chi connectivity index (χ2v) is 8.25. The van der Waals surface area contributed by atoms with Crippen molar-refractivity contribution in [2.24, 2.45) is 11.7 Å². The van der Waals surface area contributed by atoms with Gasteiger partial charge in [-0.2, -0.15) is 0 Å². The number of carbonyl (C=O) groups is 3. The fourth-order valence-electron chi connectivity index (χ4n) is 4.68. The van der Waals surface area contributed by atoms with E-state index in [4.69, 9.17) is 5.73 Å². The predicted molar refractivity (Wildman–Crippen MR) is 116 cm³/mol. The Hall–Kier alpha value is -3.26. The highest BCUT2D eigenvalue weighted by atomic mass is 16.2. The fraction of sp³-hybridized carbons (Fsp3) is 0.391. The Morgan fingerprint density at radius 1 is 1.10 bits per heavy atom. The van der Waals surface area contributed by atoms with Gasteiger partial charge in [0.25, 0.3) is 0 Å². The summed E-state index contributed by atoms with van der Waals surface area (Å²) in [5.41, 5.74) is 6.99. The molecule has 0 aliphatic carbocycles. The molecule has 2 aromatic rings. The van der Waals surface area contributed by atoms with Gasteiger partial charge in [-0.3, -0.25) is 24.3 Å². The van der Waals surface area contributed by atoms with E-state index in [2.05, 4.69) is 39.5 Å². The van der Waals surface area contributed by atoms with E-state index in [-0.39, 0.29) is 11.3 Å². The summed E-state index contributed by atoms with van der Waals surface area (Å²) in [7, 11) is 0. The number of nitrogens with one attached hydrogen (secondary N) is 1. The van der Waals surface area contributed by atoms with Gasteiger partial charge in [-0.25, -0.2) is 0 Å². The lowest BCUT2D eigenvalue weighted by molar-refractivity contribution is -0.145. The van der Waals surface area contributed by atoms with Gasteiger partial charge in [-0.1, -0.05) is 30.3 Å². The Kier molecular flexibility index (Phi) is 6.27. The molecule has 162 valence electrons. The third-order valence-corrected chi connectivity index (χ3v) is 6.17. The topological polar surface area (TPSA) is 109 Å². The summed E-state index contributed by atoms with van der Waals surface area (Å²) in [6.07, 6.45) is 5.70. The van der Waals surface area contributed by atoms with Crippen LogP contribution in [0.15, 0.2) is 48.8 Å². The van der Waals surface area contributed by atoms with Gasteiger partial charge in [0.05, 0.1) is 17.4 Å². The maximum atomic E-state index is 12.8. The van der Waals surface area contributed by atoms with Gasteiger partial charge in [-0.05, 0) is 43.4 Å². The number of hydrogen-bond acceptors (Lipinski definition) is 5. The van der Waals surface area contributed by atoms with Crippen molar-refractivity contribution in [1.29, 1.82) is 0 Å². The van der Waals surface area contributed by atoms with Crippen molar-refractivity contribution in [3.63, 3.8) is 0 Å². The Morgan fingerprint density at radius 2 is 1.90 bits per heavy atom. The van der Waals surface area contributed by atoms with Crippen LogP contribution in [-0.4, -0.2) is 58.2 Å². The molecule has 2 aliphatic rings. The molecular formula is C23H27N5O3. The van der Waals surface area contributed by atoms with Crippen molar-refractivity contribution in [3.8, 4) is 0 Å². The highest BCUT2D eigenvalue weighted by Gasteiger charge is 2.38. The third-order valence-electron chi connectivity index (χ3n) is 6.17. The second kappa shape index (κ2) is 9.26. The molecular weight excluding hydrogens is 394 g/mol. The maximum absolute atomic E-state index is 12.8. The third kappa shape index (κ3) is 4.91. The maximum Gasteiger partial charge on any atom is 0.313 e. The number of fused-ring (bicyclic) bond motifs is 1. The summed E-state index contributed by atoms with van der Waals surface area (Å²) in [5, 5.41) is 2.54. The molecule has 2 atom stereocenters. The van der Waals surface area contributed by atoms with Crippen LogP contribution in [0.1, 0.15) is 35.2 Å². The molecule has 4 rings (SSSR count). The number of carbonyl (C=O) groups excluding carboxylic acids is 3. The van der Waals surface area contributed by atoms with E-state index in [0.29, 0.717) is 25.0 Å². The van der Waals surface area contributed by atoms with E-state index in [0.717, 1.165) is 32.4 Å². The number of likely N-dealkylation sites (tertiary alicyclic amines) is 2. The molecule has 2 unspecified atom stereocenters. The minimum Gasteiger partial charge on any atom is -0.366 e. The van der Waals surface area contributed by atoms with Crippen molar-refractivity contribution in [2.45, 2.75) is 31.8 Å². The van der Waals surface area contributed by atoms with E-state index >= 15 is 0 Å². The summed E-state index contributed by atoms with van der Waals surface area (Å²) in [5.74, 6) is -1.56. The zero-order valence-electron chi connectivity index (χ0n) is 17.4. The molecule has 8 heteroatoms. The molecule has 0 saturated carbocycles. The molecule has 3 N–H and O–H groups in total. The Morgan fingerprint density at radius 3 is 2.68 bits per heavy atom. The van der Waals surface area contributed by atoms with Gasteiger partial charge in [0.15, 0.2) is 0 Å². The molecule has 2 saturated heterocycles. The number of nitrogens with two attached hydrogens (primary N) is 1. The first-order chi connectivity index (χ1) is 15.0. The Labute approximate surface area is 181 Å². The minimum absolute atomic E-state index is 0.173. The average Bonchev–Trinajstić information content (AvgIpc) is 2.79. The summed E-state index contributed by atoms with van der Waals surface area (Å²) >= 11 is 0. The number of piperidine rings is 2. The lowest BCUT2D eigenvalue weighted by atomic mass is 9.83. The van der Waals surface area contributed by atoms with Crippen LogP contribution in [0, 0.1) is 5.92 Å². The minimum atomic E-state index is -0.723. The SMILES string of the molecule is NC(=O)c1cncc(NC(=O)C(=O)N2CCC3C(CCCN3Cc3ccccc3)C2)c1. The van der Waals surface area contributed by atoms with E-state index < -0.39 is 17.7 Å². The number of anilines is 1. The molecule has 2 aliphatic heterocycles. The summed E-state index contributed by atoms with van der Waals surface area (Å²) < 4.78 is 0. The smallest absolute Gasteiger partial charge is 0.313 e. The van der Waals surface area contributed by atoms with Crippen LogP contribution in [0.5, 0.6) is 0 Å². The molecule has 2 fully saturated rings. The number of benzene rings is 1. The lowest BCUT2D eigenvalue weighted by Crippen LogP contribution is -2.56. The van der Waals surface area contributed by atoms with Crippen LogP contribution >= 0.6 is 0 Å². The number of hydrogen-bond donors (Lipinski definition) is 2. The summed E-state index contributed by atoms with van der Waals surface area (Å²) in [6.45, 7) is 3.12. The molecule has 8 nitrogen and oxygen atoms in total. The van der Waals surface area contributed by atoms with Gasteiger partial charge >= 0.3 is 11.8 Å². The van der Waals surface area contributed by atoms with Crippen LogP contribution in [-0.2, 0) is 16.1 Å². The largest absolute Gasteiger partial charge is 0.366 e. The molecule has 3 amide bonds. The van der Waals surface area contributed by atoms with Crippen LogP contribution < -0.4 is 11.1 Å². The van der Waals surface area contributed by atoms with Crippen LogP contribution in [0.25, 0.3) is 0 Å². The van der Waals surface area contributed by atoms with E-state index in [1.165, 1.54) is 24.0 Å². The van der Waals surface area contributed by atoms with Crippen molar-refractivity contribution in [3.05, 3.63) is 59.9 Å². The van der Waals surface area contributed by atoms with Gasteiger partial charge in [0, 0.05) is 31.9 Å². The normalized spacial score (nSPS) is 21.2. The number of rotatable bonds is 4.